The summed E-state index contributed by atoms with van der Waals surface area (Å²) in [6.07, 6.45) is 2.64. The van der Waals surface area contributed by atoms with Crippen LogP contribution >= 0.6 is 0 Å². The number of hydrogen-bond donors (Lipinski definition) is 2. The van der Waals surface area contributed by atoms with Crippen LogP contribution in [0.5, 0.6) is 0 Å². The molecule has 0 radical (unpaired) electrons. The fourth-order valence-electron chi connectivity index (χ4n) is 2.04. The predicted octanol–water partition coefficient (Wildman–Crippen LogP) is 0.916. The number of nitrogens with one attached hydrogen (secondary N) is 2. The van der Waals surface area contributed by atoms with E-state index in [1.165, 1.54) is 32.5 Å². The first-order chi connectivity index (χ1) is 7.18. The third-order valence-corrected chi connectivity index (χ3v) is 2.98. The van der Waals surface area contributed by atoms with Gasteiger partial charge in [-0.2, -0.15) is 0 Å². The zero-order chi connectivity index (χ0) is 11.1. The normalized spacial score (nSPS) is 23.6. The molecule has 1 unspecified atom stereocenters. The zero-order valence-electron chi connectivity index (χ0n) is 10.6. The lowest BCUT2D eigenvalue weighted by Crippen LogP contribution is -2.53. The quantitative estimate of drug-likeness (QED) is 0.642. The van der Waals surface area contributed by atoms with E-state index in [2.05, 4.69) is 36.4 Å². The highest BCUT2D eigenvalue weighted by molar-refractivity contribution is 4.78. The lowest BCUT2D eigenvalue weighted by molar-refractivity contribution is 0.235. The van der Waals surface area contributed by atoms with Gasteiger partial charge in [0.25, 0.3) is 0 Å². The number of piperazine rings is 1. The molecule has 1 heterocycles. The van der Waals surface area contributed by atoms with Crippen molar-refractivity contribution in [2.75, 3.05) is 39.8 Å². The number of likely N-dealkylation sites (N-methyl/N-ethyl adjacent to an activating group) is 1. The highest BCUT2D eigenvalue weighted by Crippen LogP contribution is 2.01. The average molecular weight is 213 g/mol. The Morgan fingerprint density at radius 2 is 2.27 bits per heavy atom. The highest BCUT2D eigenvalue weighted by Gasteiger charge is 2.15. The van der Waals surface area contributed by atoms with Gasteiger partial charge in [0, 0.05) is 32.2 Å². The molecule has 3 nitrogen and oxygen atoms in total. The van der Waals surface area contributed by atoms with Crippen LogP contribution in [0.1, 0.15) is 26.7 Å². The summed E-state index contributed by atoms with van der Waals surface area (Å²) in [5.74, 6) is 0.839. The van der Waals surface area contributed by atoms with Crippen molar-refractivity contribution < 1.29 is 0 Å². The van der Waals surface area contributed by atoms with Crippen LogP contribution in [0.4, 0.5) is 0 Å². The Morgan fingerprint density at radius 1 is 1.47 bits per heavy atom. The fraction of sp³-hybridized carbons (Fsp3) is 1.00. The van der Waals surface area contributed by atoms with Gasteiger partial charge in [0.1, 0.15) is 0 Å². The van der Waals surface area contributed by atoms with Crippen LogP contribution in [0.25, 0.3) is 0 Å². The maximum atomic E-state index is 3.55. The first-order valence-corrected chi connectivity index (χ1v) is 6.31. The topological polar surface area (TPSA) is 27.3 Å². The maximum absolute atomic E-state index is 3.55. The molecule has 1 aliphatic heterocycles. The highest BCUT2D eigenvalue weighted by atomic mass is 15.2. The summed E-state index contributed by atoms with van der Waals surface area (Å²) in [6.45, 7) is 10.4. The van der Waals surface area contributed by atoms with Gasteiger partial charge in [0.2, 0.25) is 0 Å². The van der Waals surface area contributed by atoms with Crippen LogP contribution in [-0.4, -0.2) is 50.7 Å². The smallest absolute Gasteiger partial charge is 0.0320 e. The van der Waals surface area contributed by atoms with Gasteiger partial charge in [-0.25, -0.2) is 0 Å². The minimum atomic E-state index is 0.641. The van der Waals surface area contributed by atoms with Crippen molar-refractivity contribution in [2.45, 2.75) is 32.7 Å². The average Bonchev–Trinajstić information content (AvgIpc) is 2.17. The summed E-state index contributed by atoms with van der Waals surface area (Å²) >= 11 is 0. The van der Waals surface area contributed by atoms with Crippen LogP contribution in [0, 0.1) is 5.92 Å². The van der Waals surface area contributed by atoms with Crippen molar-refractivity contribution in [3.63, 3.8) is 0 Å². The van der Waals surface area contributed by atoms with E-state index in [-0.39, 0.29) is 0 Å². The Labute approximate surface area is 94.6 Å². The lowest BCUT2D eigenvalue weighted by atomic mass is 10.1. The van der Waals surface area contributed by atoms with Gasteiger partial charge < -0.3 is 15.5 Å². The molecule has 0 spiro atoms. The van der Waals surface area contributed by atoms with Gasteiger partial charge in [-0.05, 0) is 32.4 Å². The van der Waals surface area contributed by atoms with Crippen molar-refractivity contribution >= 4 is 0 Å². The molecule has 3 heteroatoms. The molecule has 0 aromatic carbocycles. The molecule has 2 N–H and O–H groups in total. The SMILES string of the molecule is CC(C)CCCNCC1CN(C)CCN1. The van der Waals surface area contributed by atoms with Gasteiger partial charge in [0.15, 0.2) is 0 Å². The molecule has 0 saturated carbocycles. The molecule has 15 heavy (non-hydrogen) atoms. The van der Waals surface area contributed by atoms with E-state index in [1.807, 2.05) is 0 Å². The maximum Gasteiger partial charge on any atom is 0.0320 e. The second kappa shape index (κ2) is 7.20. The summed E-state index contributed by atoms with van der Waals surface area (Å²) < 4.78 is 0. The van der Waals surface area contributed by atoms with E-state index in [1.54, 1.807) is 0 Å². The Bertz CT molecular complexity index is 159. The predicted molar refractivity (Wildman–Crippen MR) is 66.2 cm³/mol. The van der Waals surface area contributed by atoms with Crippen LogP contribution in [-0.2, 0) is 0 Å². The first-order valence-electron chi connectivity index (χ1n) is 6.31. The summed E-state index contributed by atoms with van der Waals surface area (Å²) in [7, 11) is 2.20. The summed E-state index contributed by atoms with van der Waals surface area (Å²) in [5, 5.41) is 7.09. The van der Waals surface area contributed by atoms with Gasteiger partial charge in [-0.1, -0.05) is 13.8 Å². The molecule has 0 aliphatic carbocycles. The Kier molecular flexibility index (Phi) is 6.22. The van der Waals surface area contributed by atoms with E-state index in [0.717, 1.165) is 19.0 Å². The molecule has 1 atom stereocenters. The summed E-state index contributed by atoms with van der Waals surface area (Å²) in [6, 6.07) is 0.641. The molecule has 1 saturated heterocycles. The number of hydrogen-bond acceptors (Lipinski definition) is 3. The number of nitrogens with zero attached hydrogens (tertiary/aromatic N) is 1. The third kappa shape index (κ3) is 6.13. The molecular weight excluding hydrogens is 186 g/mol. The molecule has 90 valence electrons. The van der Waals surface area contributed by atoms with Crippen LogP contribution in [0.2, 0.25) is 0 Å². The third-order valence-electron chi connectivity index (χ3n) is 2.98. The van der Waals surface area contributed by atoms with E-state index >= 15 is 0 Å². The second-order valence-corrected chi connectivity index (χ2v) is 5.15. The minimum Gasteiger partial charge on any atom is -0.315 e. The van der Waals surface area contributed by atoms with Crippen LogP contribution < -0.4 is 10.6 Å². The first kappa shape index (κ1) is 12.9. The molecule has 0 aromatic rings. The second-order valence-electron chi connectivity index (χ2n) is 5.15. The molecule has 1 rings (SSSR count). The molecule has 0 bridgehead atoms. The van der Waals surface area contributed by atoms with Gasteiger partial charge in [0.05, 0.1) is 0 Å². The minimum absolute atomic E-state index is 0.641. The molecule has 0 aromatic heterocycles. The Morgan fingerprint density at radius 3 is 2.93 bits per heavy atom. The summed E-state index contributed by atoms with van der Waals surface area (Å²) in [5.41, 5.74) is 0. The monoisotopic (exact) mass is 213 g/mol. The van der Waals surface area contributed by atoms with Gasteiger partial charge in [-0.15, -0.1) is 0 Å². The molecule has 1 fully saturated rings. The molecule has 0 amide bonds. The lowest BCUT2D eigenvalue weighted by Gasteiger charge is -2.31. The Balaban J connectivity index is 1.95. The van der Waals surface area contributed by atoms with E-state index in [4.69, 9.17) is 0 Å². The van der Waals surface area contributed by atoms with Crippen molar-refractivity contribution in [2.24, 2.45) is 5.92 Å². The van der Waals surface area contributed by atoms with Crippen molar-refractivity contribution in [3.8, 4) is 0 Å². The Hall–Kier alpha value is -0.120. The van der Waals surface area contributed by atoms with Crippen molar-refractivity contribution in [3.05, 3.63) is 0 Å². The summed E-state index contributed by atoms with van der Waals surface area (Å²) in [4.78, 5) is 2.40. The van der Waals surface area contributed by atoms with Crippen molar-refractivity contribution in [1.82, 2.24) is 15.5 Å². The largest absolute Gasteiger partial charge is 0.315 e. The molecule has 1 aliphatic rings. The van der Waals surface area contributed by atoms with Gasteiger partial charge >= 0.3 is 0 Å². The fourth-order valence-corrected chi connectivity index (χ4v) is 2.04. The molecular formula is C12H27N3. The van der Waals surface area contributed by atoms with Crippen molar-refractivity contribution in [1.29, 1.82) is 0 Å². The van der Waals surface area contributed by atoms with Crippen LogP contribution in [0.3, 0.4) is 0 Å². The van der Waals surface area contributed by atoms with E-state index < -0.39 is 0 Å². The van der Waals surface area contributed by atoms with E-state index in [0.29, 0.717) is 6.04 Å². The zero-order valence-corrected chi connectivity index (χ0v) is 10.6. The standard InChI is InChI=1S/C12H27N3/c1-11(2)5-4-6-13-9-12-10-15(3)8-7-14-12/h11-14H,4-10H2,1-3H3. The van der Waals surface area contributed by atoms with E-state index in [9.17, 15) is 0 Å². The number of rotatable bonds is 6. The van der Waals surface area contributed by atoms with Crippen LogP contribution in [0.15, 0.2) is 0 Å². The van der Waals surface area contributed by atoms with Gasteiger partial charge in [-0.3, -0.25) is 0 Å².